The quantitative estimate of drug-likeness (QED) is 0.847. The zero-order valence-corrected chi connectivity index (χ0v) is 13.9. The maximum atomic E-state index is 12.6. The molecule has 0 aromatic carbocycles. The summed E-state index contributed by atoms with van der Waals surface area (Å²) in [6, 6.07) is 4.84. The molecule has 2 aromatic rings. The van der Waals surface area contributed by atoms with Crippen LogP contribution in [0.25, 0.3) is 0 Å². The van der Waals surface area contributed by atoms with E-state index in [1.54, 1.807) is 12.5 Å². The summed E-state index contributed by atoms with van der Waals surface area (Å²) in [5.41, 5.74) is -0.0444. The molecule has 2 aromatic heterocycles. The van der Waals surface area contributed by atoms with Gasteiger partial charge in [0.05, 0.1) is 0 Å². The van der Waals surface area contributed by atoms with Gasteiger partial charge in [-0.15, -0.1) is 0 Å². The fraction of sp³-hybridized carbons (Fsp3) is 0.471. The molecule has 0 unspecified atom stereocenters. The third kappa shape index (κ3) is 4.45. The van der Waals surface area contributed by atoms with E-state index >= 15 is 0 Å². The first-order chi connectivity index (χ1) is 11.9. The van der Waals surface area contributed by atoms with Crippen molar-refractivity contribution in [1.29, 1.82) is 0 Å². The topological polar surface area (TPSA) is 45.2 Å². The van der Waals surface area contributed by atoms with Crippen molar-refractivity contribution in [2.45, 2.75) is 31.6 Å². The summed E-state index contributed by atoms with van der Waals surface area (Å²) in [5.74, 6) is 0.903. The van der Waals surface area contributed by atoms with Crippen LogP contribution in [0.4, 0.5) is 19.0 Å². The zero-order valence-electron chi connectivity index (χ0n) is 13.9. The largest absolute Gasteiger partial charge is 0.433 e. The highest BCUT2D eigenvalue weighted by atomic mass is 19.4. The Morgan fingerprint density at radius 3 is 2.48 bits per heavy atom. The molecule has 1 fully saturated rings. The Bertz CT molecular complexity index is 667. The molecule has 1 aliphatic heterocycles. The monoisotopic (exact) mass is 351 g/mol. The van der Waals surface area contributed by atoms with Crippen molar-refractivity contribution in [3.8, 4) is 0 Å². The van der Waals surface area contributed by atoms with Crippen molar-refractivity contribution in [2.75, 3.05) is 25.0 Å². The van der Waals surface area contributed by atoms with Crippen molar-refractivity contribution >= 4 is 5.82 Å². The van der Waals surface area contributed by atoms with E-state index in [9.17, 15) is 13.2 Å². The second-order valence-corrected chi connectivity index (χ2v) is 6.24. The lowest BCUT2D eigenvalue weighted by molar-refractivity contribution is -0.141. The molecule has 3 heterocycles. The summed E-state index contributed by atoms with van der Waals surface area (Å²) in [7, 11) is 2.03. The third-order valence-electron chi connectivity index (χ3n) is 4.55. The Morgan fingerprint density at radius 2 is 1.92 bits per heavy atom. The highest BCUT2D eigenvalue weighted by Crippen LogP contribution is 2.27. The minimum absolute atomic E-state index is 0.400. The molecule has 0 spiro atoms. The van der Waals surface area contributed by atoms with Crippen LogP contribution in [0.2, 0.25) is 0 Å². The standard InChI is InChI=1S/C17H20F3N5/c1-24(16-4-7-21-12-23-16)14-5-8-25(9-6-14)11-13-2-3-15(22-10-13)17(18,19)20/h2-4,7,10,12,14H,5-6,8-9,11H2,1H3. The van der Waals surface area contributed by atoms with Gasteiger partial charge in [0.25, 0.3) is 0 Å². The van der Waals surface area contributed by atoms with Crippen LogP contribution in [0, 0.1) is 0 Å². The second kappa shape index (κ2) is 7.35. The average Bonchev–Trinajstić information content (AvgIpc) is 2.62. The van der Waals surface area contributed by atoms with Crippen molar-refractivity contribution < 1.29 is 13.2 Å². The predicted octanol–water partition coefficient (Wildman–Crippen LogP) is 2.99. The number of aromatic nitrogens is 3. The summed E-state index contributed by atoms with van der Waals surface area (Å²) < 4.78 is 37.7. The molecule has 0 radical (unpaired) electrons. The van der Waals surface area contributed by atoms with Gasteiger partial charge in [-0.25, -0.2) is 9.97 Å². The summed E-state index contributed by atoms with van der Waals surface area (Å²) in [6.07, 6.45) is 2.16. The third-order valence-corrected chi connectivity index (χ3v) is 4.55. The van der Waals surface area contributed by atoms with Gasteiger partial charge in [-0.3, -0.25) is 9.88 Å². The molecule has 1 saturated heterocycles. The van der Waals surface area contributed by atoms with Crippen molar-refractivity contribution in [3.05, 3.63) is 48.2 Å². The number of pyridine rings is 1. The SMILES string of the molecule is CN(c1ccncn1)C1CCN(Cc2ccc(C(F)(F)F)nc2)CC1. The molecule has 3 rings (SSSR count). The van der Waals surface area contributed by atoms with Gasteiger partial charge in [-0.2, -0.15) is 13.2 Å². The number of rotatable bonds is 4. The van der Waals surface area contributed by atoms with Crippen LogP contribution in [-0.4, -0.2) is 46.0 Å². The molecule has 25 heavy (non-hydrogen) atoms. The Balaban J connectivity index is 1.52. The van der Waals surface area contributed by atoms with Crippen molar-refractivity contribution in [1.82, 2.24) is 19.9 Å². The fourth-order valence-electron chi connectivity index (χ4n) is 3.09. The van der Waals surface area contributed by atoms with Crippen LogP contribution in [0.1, 0.15) is 24.1 Å². The van der Waals surface area contributed by atoms with Crippen LogP contribution in [0.15, 0.2) is 36.9 Å². The van der Waals surface area contributed by atoms with Gasteiger partial charge < -0.3 is 4.90 Å². The van der Waals surface area contributed by atoms with Gasteiger partial charge in [0, 0.05) is 45.1 Å². The maximum Gasteiger partial charge on any atom is 0.433 e. The van der Waals surface area contributed by atoms with E-state index in [1.165, 1.54) is 12.3 Å². The Morgan fingerprint density at radius 1 is 1.16 bits per heavy atom. The average molecular weight is 351 g/mol. The van der Waals surface area contributed by atoms with E-state index in [0.29, 0.717) is 12.6 Å². The zero-order chi connectivity index (χ0) is 17.9. The number of nitrogens with zero attached hydrogens (tertiary/aromatic N) is 5. The Kier molecular flexibility index (Phi) is 5.17. The molecule has 134 valence electrons. The molecule has 0 N–H and O–H groups in total. The lowest BCUT2D eigenvalue weighted by Gasteiger charge is -2.37. The summed E-state index contributed by atoms with van der Waals surface area (Å²) in [5, 5.41) is 0. The fourth-order valence-corrected chi connectivity index (χ4v) is 3.09. The number of alkyl halides is 3. The predicted molar refractivity (Wildman–Crippen MR) is 88.0 cm³/mol. The molecule has 5 nitrogen and oxygen atoms in total. The van der Waals surface area contributed by atoms with E-state index in [-0.39, 0.29) is 0 Å². The normalized spacial score (nSPS) is 16.8. The van der Waals surface area contributed by atoms with Crippen molar-refractivity contribution in [3.63, 3.8) is 0 Å². The molecule has 0 aliphatic carbocycles. The molecule has 0 amide bonds. The molecule has 0 bridgehead atoms. The molecule has 8 heteroatoms. The lowest BCUT2D eigenvalue weighted by Crippen LogP contribution is -2.43. The first kappa shape index (κ1) is 17.6. The van der Waals surface area contributed by atoms with Gasteiger partial charge in [-0.1, -0.05) is 6.07 Å². The van der Waals surface area contributed by atoms with E-state index < -0.39 is 11.9 Å². The Labute approximate surface area is 144 Å². The summed E-state index contributed by atoms with van der Waals surface area (Å²) >= 11 is 0. The first-order valence-electron chi connectivity index (χ1n) is 8.17. The maximum absolute atomic E-state index is 12.6. The van der Waals surface area contributed by atoms with Gasteiger partial charge in [0.1, 0.15) is 17.8 Å². The van der Waals surface area contributed by atoms with E-state index in [1.807, 2.05) is 13.1 Å². The number of likely N-dealkylation sites (tertiary alicyclic amines) is 1. The number of hydrogen-bond acceptors (Lipinski definition) is 5. The Hall–Kier alpha value is -2.22. The van der Waals surface area contributed by atoms with Crippen LogP contribution < -0.4 is 4.90 Å². The van der Waals surface area contributed by atoms with Crippen molar-refractivity contribution in [2.24, 2.45) is 0 Å². The molecule has 0 saturated carbocycles. The van der Waals surface area contributed by atoms with Crippen LogP contribution >= 0.6 is 0 Å². The van der Waals surface area contributed by atoms with Gasteiger partial charge in [0.2, 0.25) is 0 Å². The lowest BCUT2D eigenvalue weighted by atomic mass is 10.0. The number of halogens is 3. The number of piperidine rings is 1. The van der Waals surface area contributed by atoms with Crippen LogP contribution in [-0.2, 0) is 12.7 Å². The van der Waals surface area contributed by atoms with Crippen LogP contribution in [0.5, 0.6) is 0 Å². The minimum atomic E-state index is -4.39. The summed E-state index contributed by atoms with van der Waals surface area (Å²) in [6.45, 7) is 2.40. The van der Waals surface area contributed by atoms with E-state index in [2.05, 4.69) is 24.8 Å². The van der Waals surface area contributed by atoms with Gasteiger partial charge >= 0.3 is 6.18 Å². The summed E-state index contributed by atoms with van der Waals surface area (Å²) in [4.78, 5) is 16.1. The van der Waals surface area contributed by atoms with E-state index in [4.69, 9.17) is 0 Å². The molecular weight excluding hydrogens is 331 g/mol. The first-order valence-corrected chi connectivity index (χ1v) is 8.17. The van der Waals surface area contributed by atoms with Gasteiger partial charge in [-0.05, 0) is 30.5 Å². The molecular formula is C17H20F3N5. The van der Waals surface area contributed by atoms with Crippen LogP contribution in [0.3, 0.4) is 0 Å². The minimum Gasteiger partial charge on any atom is -0.356 e. The second-order valence-electron chi connectivity index (χ2n) is 6.24. The smallest absolute Gasteiger partial charge is 0.356 e. The molecule has 1 aliphatic rings. The van der Waals surface area contributed by atoms with E-state index in [0.717, 1.165) is 43.4 Å². The highest BCUT2D eigenvalue weighted by molar-refractivity contribution is 5.36. The van der Waals surface area contributed by atoms with Gasteiger partial charge in [0.15, 0.2) is 0 Å². The molecule has 0 atom stereocenters. The number of hydrogen-bond donors (Lipinski definition) is 0. The highest BCUT2D eigenvalue weighted by Gasteiger charge is 2.32. The number of anilines is 1.